The standard InChI is InChI=1S/C9H8O4.C2H6/c10-9(11)6-2-1-3-7-8(6)13-5-4-12-7;1-2/h1-3H,4-5H2,(H,10,11);1-2H3. The summed E-state index contributed by atoms with van der Waals surface area (Å²) in [7, 11) is 0. The number of fused-ring (bicyclic) bond motifs is 1. The SMILES string of the molecule is CC.O=C(O)c1cccc2c1OCCO2. The van der Waals surface area contributed by atoms with Crippen LogP contribution < -0.4 is 9.47 Å². The maximum atomic E-state index is 10.7. The normalized spacial score (nSPS) is 12.4. The third kappa shape index (κ3) is 2.40. The van der Waals surface area contributed by atoms with Gasteiger partial charge < -0.3 is 14.6 Å². The Kier molecular flexibility index (Phi) is 3.97. The first-order valence-corrected chi connectivity index (χ1v) is 4.91. The van der Waals surface area contributed by atoms with Crippen molar-refractivity contribution in [1.82, 2.24) is 0 Å². The summed E-state index contributed by atoms with van der Waals surface area (Å²) in [6.45, 7) is 4.87. The van der Waals surface area contributed by atoms with Crippen LogP contribution in [0.2, 0.25) is 0 Å². The van der Waals surface area contributed by atoms with Crippen molar-refractivity contribution in [2.45, 2.75) is 13.8 Å². The predicted octanol–water partition coefficient (Wildman–Crippen LogP) is 2.18. The smallest absolute Gasteiger partial charge is 0.339 e. The number of ether oxygens (including phenoxy) is 2. The van der Waals surface area contributed by atoms with E-state index in [1.54, 1.807) is 12.1 Å². The summed E-state index contributed by atoms with van der Waals surface area (Å²) < 4.78 is 10.4. The van der Waals surface area contributed by atoms with Gasteiger partial charge in [0.25, 0.3) is 0 Å². The minimum atomic E-state index is -0.998. The molecule has 4 nitrogen and oxygen atoms in total. The first-order chi connectivity index (χ1) is 7.29. The van der Waals surface area contributed by atoms with Crippen molar-refractivity contribution in [3.05, 3.63) is 23.8 Å². The fourth-order valence-corrected chi connectivity index (χ4v) is 1.24. The summed E-state index contributed by atoms with van der Waals surface area (Å²) in [4.78, 5) is 10.7. The average molecular weight is 210 g/mol. The molecule has 0 saturated heterocycles. The monoisotopic (exact) mass is 210 g/mol. The van der Waals surface area contributed by atoms with Crippen LogP contribution in [-0.2, 0) is 0 Å². The fraction of sp³-hybridized carbons (Fsp3) is 0.364. The van der Waals surface area contributed by atoms with E-state index in [2.05, 4.69) is 0 Å². The van der Waals surface area contributed by atoms with Crippen LogP contribution in [0.3, 0.4) is 0 Å². The molecular weight excluding hydrogens is 196 g/mol. The van der Waals surface area contributed by atoms with Crippen LogP contribution in [0.5, 0.6) is 11.5 Å². The number of aromatic carboxylic acids is 1. The number of hydrogen-bond donors (Lipinski definition) is 1. The first kappa shape index (κ1) is 11.4. The second-order valence-corrected chi connectivity index (χ2v) is 2.63. The number of hydrogen-bond acceptors (Lipinski definition) is 3. The van der Waals surface area contributed by atoms with E-state index >= 15 is 0 Å². The molecule has 0 amide bonds. The van der Waals surface area contributed by atoms with Gasteiger partial charge in [0.1, 0.15) is 18.8 Å². The maximum Gasteiger partial charge on any atom is 0.339 e. The van der Waals surface area contributed by atoms with Gasteiger partial charge in [-0.1, -0.05) is 19.9 Å². The highest BCUT2D eigenvalue weighted by Gasteiger charge is 2.19. The molecule has 1 aromatic carbocycles. The minimum Gasteiger partial charge on any atom is -0.486 e. The van der Waals surface area contributed by atoms with Crippen LogP contribution in [-0.4, -0.2) is 24.3 Å². The number of rotatable bonds is 1. The highest BCUT2D eigenvalue weighted by Crippen LogP contribution is 2.33. The third-order valence-electron chi connectivity index (χ3n) is 1.80. The lowest BCUT2D eigenvalue weighted by atomic mass is 10.2. The maximum absolute atomic E-state index is 10.7. The highest BCUT2D eigenvalue weighted by atomic mass is 16.6. The van der Waals surface area contributed by atoms with Crippen molar-refractivity contribution < 1.29 is 19.4 Å². The van der Waals surface area contributed by atoms with Crippen LogP contribution in [0.4, 0.5) is 0 Å². The third-order valence-corrected chi connectivity index (χ3v) is 1.80. The van der Waals surface area contributed by atoms with Gasteiger partial charge in [0.05, 0.1) is 0 Å². The molecule has 15 heavy (non-hydrogen) atoms. The Balaban J connectivity index is 0.000000531. The van der Waals surface area contributed by atoms with Crippen molar-refractivity contribution >= 4 is 5.97 Å². The highest BCUT2D eigenvalue weighted by molar-refractivity contribution is 5.92. The van der Waals surface area contributed by atoms with E-state index in [9.17, 15) is 4.79 Å². The molecule has 0 aliphatic carbocycles. The van der Waals surface area contributed by atoms with Crippen molar-refractivity contribution in [1.29, 1.82) is 0 Å². The van der Waals surface area contributed by atoms with Gasteiger partial charge in [0.15, 0.2) is 11.5 Å². The number of carboxylic acids is 1. The molecule has 0 radical (unpaired) electrons. The molecule has 0 saturated carbocycles. The number of carbonyl (C=O) groups is 1. The Morgan fingerprint density at radius 3 is 2.60 bits per heavy atom. The topological polar surface area (TPSA) is 55.8 Å². The summed E-state index contributed by atoms with van der Waals surface area (Å²) in [5, 5.41) is 8.81. The molecule has 4 heteroatoms. The Bertz CT molecular complexity index is 346. The van der Waals surface area contributed by atoms with Gasteiger partial charge in [0, 0.05) is 0 Å². The van der Waals surface area contributed by atoms with Crippen molar-refractivity contribution in [3.8, 4) is 11.5 Å². The van der Waals surface area contributed by atoms with Crippen LogP contribution in [0.25, 0.3) is 0 Å². The Labute approximate surface area is 88.4 Å². The Morgan fingerprint density at radius 1 is 1.27 bits per heavy atom. The molecule has 0 bridgehead atoms. The van der Waals surface area contributed by atoms with E-state index in [1.165, 1.54) is 6.07 Å². The second-order valence-electron chi connectivity index (χ2n) is 2.63. The quantitative estimate of drug-likeness (QED) is 0.771. The minimum absolute atomic E-state index is 0.150. The summed E-state index contributed by atoms with van der Waals surface area (Å²) in [5.41, 5.74) is 0.150. The zero-order valence-electron chi connectivity index (χ0n) is 8.82. The molecule has 0 spiro atoms. The van der Waals surface area contributed by atoms with Crippen molar-refractivity contribution in [3.63, 3.8) is 0 Å². The predicted molar refractivity (Wildman–Crippen MR) is 55.7 cm³/mol. The zero-order valence-corrected chi connectivity index (χ0v) is 8.82. The van der Waals surface area contributed by atoms with Crippen molar-refractivity contribution in [2.24, 2.45) is 0 Å². The largest absolute Gasteiger partial charge is 0.486 e. The summed E-state index contributed by atoms with van der Waals surface area (Å²) >= 11 is 0. The van der Waals surface area contributed by atoms with Gasteiger partial charge in [-0.15, -0.1) is 0 Å². The molecule has 82 valence electrons. The molecule has 1 N–H and O–H groups in total. The fourth-order valence-electron chi connectivity index (χ4n) is 1.24. The van der Waals surface area contributed by atoms with E-state index < -0.39 is 5.97 Å². The first-order valence-electron chi connectivity index (χ1n) is 4.91. The Hall–Kier alpha value is -1.71. The molecule has 1 aliphatic rings. The molecule has 0 unspecified atom stereocenters. The number of carboxylic acid groups (broad SMARTS) is 1. The van der Waals surface area contributed by atoms with Crippen LogP contribution in [0, 0.1) is 0 Å². The van der Waals surface area contributed by atoms with Gasteiger partial charge in [-0.2, -0.15) is 0 Å². The lowest BCUT2D eigenvalue weighted by Crippen LogP contribution is -2.17. The van der Waals surface area contributed by atoms with Crippen LogP contribution in [0.1, 0.15) is 24.2 Å². The molecule has 0 fully saturated rings. The van der Waals surface area contributed by atoms with Gasteiger partial charge in [0.2, 0.25) is 0 Å². The van der Waals surface area contributed by atoms with E-state index in [1.807, 2.05) is 13.8 Å². The van der Waals surface area contributed by atoms with E-state index in [0.29, 0.717) is 24.7 Å². The van der Waals surface area contributed by atoms with Crippen LogP contribution in [0.15, 0.2) is 18.2 Å². The zero-order chi connectivity index (χ0) is 11.3. The number of para-hydroxylation sites is 1. The lowest BCUT2D eigenvalue weighted by molar-refractivity contribution is 0.0686. The van der Waals surface area contributed by atoms with E-state index in [4.69, 9.17) is 14.6 Å². The summed E-state index contributed by atoms with van der Waals surface area (Å²) in [6, 6.07) is 4.83. The average Bonchev–Trinajstić information content (AvgIpc) is 2.31. The Morgan fingerprint density at radius 2 is 1.93 bits per heavy atom. The molecule has 0 aromatic heterocycles. The van der Waals surface area contributed by atoms with Gasteiger partial charge >= 0.3 is 5.97 Å². The van der Waals surface area contributed by atoms with Crippen molar-refractivity contribution in [2.75, 3.05) is 13.2 Å². The molecule has 1 aliphatic heterocycles. The summed E-state index contributed by atoms with van der Waals surface area (Å²) in [6.07, 6.45) is 0. The molecule has 0 atom stereocenters. The molecular formula is C11H14O4. The molecule has 2 rings (SSSR count). The van der Waals surface area contributed by atoms with E-state index in [0.717, 1.165) is 0 Å². The molecule has 1 heterocycles. The number of benzene rings is 1. The van der Waals surface area contributed by atoms with Crippen LogP contribution >= 0.6 is 0 Å². The molecule has 1 aromatic rings. The van der Waals surface area contributed by atoms with Gasteiger partial charge in [-0.05, 0) is 12.1 Å². The van der Waals surface area contributed by atoms with E-state index in [-0.39, 0.29) is 5.56 Å². The van der Waals surface area contributed by atoms with Gasteiger partial charge in [-0.25, -0.2) is 4.79 Å². The summed E-state index contributed by atoms with van der Waals surface area (Å²) in [5.74, 6) is -0.158. The lowest BCUT2D eigenvalue weighted by Gasteiger charge is -2.19. The van der Waals surface area contributed by atoms with Gasteiger partial charge in [-0.3, -0.25) is 0 Å². The second kappa shape index (κ2) is 5.24.